The van der Waals surface area contributed by atoms with Gasteiger partial charge in [-0.2, -0.15) is 0 Å². The zero-order valence-corrected chi connectivity index (χ0v) is 17.8. The molecule has 158 valence electrons. The van der Waals surface area contributed by atoms with Crippen LogP contribution in [-0.2, 0) is 18.9 Å². The Morgan fingerprint density at radius 2 is 2.07 bits per heavy atom. The maximum Gasteiger partial charge on any atom is 0.396 e. The summed E-state index contributed by atoms with van der Waals surface area (Å²) in [7, 11) is 0. The Morgan fingerprint density at radius 3 is 2.79 bits per heavy atom. The van der Waals surface area contributed by atoms with Crippen molar-refractivity contribution in [2.24, 2.45) is 5.92 Å². The van der Waals surface area contributed by atoms with Gasteiger partial charge in [0, 0.05) is 11.6 Å². The first-order valence-corrected chi connectivity index (χ1v) is 10.2. The first-order chi connectivity index (χ1) is 13.7. The smallest absolute Gasteiger partial charge is 0.396 e. The number of rotatable bonds is 7. The van der Waals surface area contributed by atoms with Gasteiger partial charge in [-0.1, -0.05) is 43.5 Å². The van der Waals surface area contributed by atoms with Gasteiger partial charge in [0.1, 0.15) is 0 Å². The van der Waals surface area contributed by atoms with Crippen molar-refractivity contribution < 1.29 is 23.7 Å². The molecular weight excluding hydrogens is 420 g/mol. The zero-order valence-electron chi connectivity index (χ0n) is 16.2. The molecule has 0 aromatic heterocycles. The molecule has 3 rings (SSSR count). The van der Waals surface area contributed by atoms with Crippen molar-refractivity contribution in [2.75, 3.05) is 26.2 Å². The number of nitrogens with zero attached hydrogens (tertiary/aromatic N) is 1. The van der Waals surface area contributed by atoms with Crippen LogP contribution in [0.5, 0.6) is 0 Å². The highest BCUT2D eigenvalue weighted by molar-refractivity contribution is 6.70. The van der Waals surface area contributed by atoms with Gasteiger partial charge < -0.3 is 24.8 Å². The topological polar surface area (TPSA) is 97.0 Å². The molecular formula is C18H23BCl2N3O5-. The van der Waals surface area contributed by atoms with E-state index >= 15 is 0 Å². The van der Waals surface area contributed by atoms with E-state index in [1.807, 2.05) is 18.7 Å². The second kappa shape index (κ2) is 8.91. The van der Waals surface area contributed by atoms with E-state index in [9.17, 15) is 14.4 Å². The van der Waals surface area contributed by atoms with Crippen LogP contribution in [0.15, 0.2) is 18.2 Å². The van der Waals surface area contributed by atoms with E-state index in [0.29, 0.717) is 24.6 Å². The number of nitrogens with one attached hydrogen (secondary N) is 2. The Bertz CT molecular complexity index is 825. The lowest BCUT2D eigenvalue weighted by atomic mass is 9.60. The summed E-state index contributed by atoms with van der Waals surface area (Å²) < 4.78 is 11.4. The number of halogens is 2. The molecule has 2 saturated heterocycles. The quantitative estimate of drug-likeness (QED) is 0.622. The van der Waals surface area contributed by atoms with E-state index in [2.05, 4.69) is 10.6 Å². The molecule has 2 aliphatic heterocycles. The first-order valence-electron chi connectivity index (χ1n) is 9.49. The highest BCUT2D eigenvalue weighted by Crippen LogP contribution is 2.31. The van der Waals surface area contributed by atoms with Crippen molar-refractivity contribution in [3.05, 3.63) is 33.8 Å². The van der Waals surface area contributed by atoms with Gasteiger partial charge >= 0.3 is 6.69 Å². The van der Waals surface area contributed by atoms with Crippen LogP contribution in [0, 0.1) is 5.92 Å². The number of benzene rings is 1. The largest absolute Gasteiger partial charge is 0.651 e. The molecule has 2 N–H and O–H groups in total. The van der Waals surface area contributed by atoms with Crippen LogP contribution in [-0.4, -0.2) is 61.5 Å². The number of hydrogen-bond donors (Lipinski definition) is 2. The molecule has 11 heteroatoms. The third-order valence-electron chi connectivity index (χ3n) is 5.04. The summed E-state index contributed by atoms with van der Waals surface area (Å²) >= 11 is 11.9. The normalized spacial score (nSPS) is 22.3. The highest BCUT2D eigenvalue weighted by atomic mass is 35.5. The van der Waals surface area contributed by atoms with Crippen LogP contribution in [0.1, 0.15) is 30.6 Å². The third-order valence-corrected chi connectivity index (χ3v) is 5.60. The number of carbonyl (C=O) groups excluding carboxylic acids is 3. The predicted octanol–water partition coefficient (Wildman–Crippen LogP) is 1.62. The Kier molecular flexibility index (Phi) is 6.73. The molecule has 0 spiro atoms. The van der Waals surface area contributed by atoms with E-state index in [-0.39, 0.29) is 35.6 Å². The fourth-order valence-corrected chi connectivity index (χ4v) is 4.19. The van der Waals surface area contributed by atoms with Gasteiger partial charge in [-0.15, -0.1) is 0 Å². The van der Waals surface area contributed by atoms with E-state index < -0.39 is 24.4 Å². The van der Waals surface area contributed by atoms with Gasteiger partial charge in [0.05, 0.1) is 23.7 Å². The zero-order chi connectivity index (χ0) is 21.2. The van der Waals surface area contributed by atoms with Crippen LogP contribution >= 0.6 is 23.2 Å². The van der Waals surface area contributed by atoms with Crippen molar-refractivity contribution in [3.8, 4) is 0 Å². The number of amides is 2. The fraction of sp³-hybridized carbons (Fsp3) is 0.500. The lowest BCUT2D eigenvalue weighted by Gasteiger charge is -2.43. The van der Waals surface area contributed by atoms with Gasteiger partial charge in [-0.3, -0.25) is 14.4 Å². The van der Waals surface area contributed by atoms with E-state index in [4.69, 9.17) is 32.5 Å². The summed E-state index contributed by atoms with van der Waals surface area (Å²) in [6.07, 6.45) is 0.559. The minimum Gasteiger partial charge on any atom is -0.651 e. The molecule has 2 heterocycles. The first kappa shape index (κ1) is 21.9. The van der Waals surface area contributed by atoms with Gasteiger partial charge in [-0.05, 0) is 36.6 Å². The Balaban J connectivity index is 1.65. The molecule has 29 heavy (non-hydrogen) atoms. The van der Waals surface area contributed by atoms with Gasteiger partial charge in [0.15, 0.2) is 0 Å². The highest BCUT2D eigenvalue weighted by Gasteiger charge is 2.53. The number of fused-ring (bicyclic) bond motifs is 1. The number of hydrogen-bond acceptors (Lipinski definition) is 6. The van der Waals surface area contributed by atoms with Crippen molar-refractivity contribution in [1.82, 2.24) is 15.4 Å². The molecule has 0 bridgehead atoms. The summed E-state index contributed by atoms with van der Waals surface area (Å²) in [5.41, 5.74) is 0.184. The van der Waals surface area contributed by atoms with Crippen molar-refractivity contribution >= 4 is 47.7 Å². The molecule has 2 atom stereocenters. The van der Waals surface area contributed by atoms with Gasteiger partial charge in [0.25, 0.3) is 11.9 Å². The SMILES string of the molecule is CC(C)C[C@H](NC(=O)CNC(=O)c1cc(Cl)ccc1Cl)[B-]12OCCN1CC(=O)O2. The summed E-state index contributed by atoms with van der Waals surface area (Å²) in [5, 5.41) is 6.01. The fourth-order valence-electron chi connectivity index (χ4n) is 3.81. The molecule has 2 amide bonds. The molecule has 1 unspecified atom stereocenters. The van der Waals surface area contributed by atoms with Gasteiger partial charge in [0.2, 0.25) is 5.91 Å². The van der Waals surface area contributed by atoms with Crippen LogP contribution in [0.4, 0.5) is 0 Å². The molecule has 2 fully saturated rings. The minimum atomic E-state index is -2.09. The van der Waals surface area contributed by atoms with Crippen LogP contribution in [0.25, 0.3) is 0 Å². The summed E-state index contributed by atoms with van der Waals surface area (Å²) in [6, 6.07) is 4.52. The van der Waals surface area contributed by atoms with Crippen LogP contribution in [0.2, 0.25) is 10.0 Å². The second-order valence-corrected chi connectivity index (χ2v) is 8.51. The number of carbonyl (C=O) groups is 3. The van der Waals surface area contributed by atoms with Crippen LogP contribution in [0.3, 0.4) is 0 Å². The summed E-state index contributed by atoms with van der Waals surface area (Å²) in [5.74, 6) is -1.58. The molecule has 2 aliphatic rings. The van der Waals surface area contributed by atoms with Crippen molar-refractivity contribution in [2.45, 2.75) is 26.2 Å². The average molecular weight is 443 g/mol. The molecule has 1 aromatic carbocycles. The standard InChI is InChI=1S/C18H23BCl2N3O5/c1-11(2)7-15(19-24(5-6-28-19)10-17(26)29-19)23-16(25)9-22-18(27)13-8-12(20)3-4-14(13)21/h3-4,8,11,15H,5-7,9-10H2,1-2H3,(H,22,27)(H,23,25)/q-1/t15-,19?/m0/s1. The predicted molar refractivity (Wildman–Crippen MR) is 110 cm³/mol. The third kappa shape index (κ3) is 4.86. The average Bonchev–Trinajstić information content (AvgIpc) is 3.17. The molecule has 1 aromatic rings. The minimum absolute atomic E-state index is 0.147. The maximum atomic E-state index is 12.6. The Hall–Kier alpha value is -1.81. The Labute approximate surface area is 179 Å². The van der Waals surface area contributed by atoms with E-state index in [0.717, 1.165) is 0 Å². The van der Waals surface area contributed by atoms with Gasteiger partial charge in [-0.25, -0.2) is 0 Å². The summed E-state index contributed by atoms with van der Waals surface area (Å²) in [4.78, 5) is 38.6. The van der Waals surface area contributed by atoms with Crippen LogP contribution < -0.4 is 10.6 Å². The summed E-state index contributed by atoms with van der Waals surface area (Å²) in [6.45, 7) is 2.81. The van der Waals surface area contributed by atoms with E-state index in [1.54, 1.807) is 6.07 Å². The molecule has 0 radical (unpaired) electrons. The monoisotopic (exact) mass is 442 g/mol. The lowest BCUT2D eigenvalue weighted by Crippen LogP contribution is -2.65. The molecule has 0 saturated carbocycles. The van der Waals surface area contributed by atoms with Crippen molar-refractivity contribution in [3.63, 3.8) is 0 Å². The second-order valence-electron chi connectivity index (χ2n) is 7.67. The molecule has 0 aliphatic carbocycles. The Morgan fingerprint density at radius 1 is 1.31 bits per heavy atom. The lowest BCUT2D eigenvalue weighted by molar-refractivity contribution is -0.133. The maximum absolute atomic E-state index is 12.6. The van der Waals surface area contributed by atoms with Crippen molar-refractivity contribution in [1.29, 1.82) is 0 Å². The molecule has 8 nitrogen and oxygen atoms in total. The van der Waals surface area contributed by atoms with E-state index in [1.165, 1.54) is 12.1 Å².